The van der Waals surface area contributed by atoms with E-state index < -0.39 is 24.7 Å². The molecule has 1 aromatic heterocycles. The minimum Gasteiger partial charge on any atom is -0.378 e. The molecule has 0 saturated carbocycles. The van der Waals surface area contributed by atoms with Crippen LogP contribution in [-0.4, -0.2) is 66.9 Å². The van der Waals surface area contributed by atoms with Gasteiger partial charge in [0.25, 0.3) is 5.91 Å². The van der Waals surface area contributed by atoms with E-state index in [1.165, 1.54) is 12.3 Å². The van der Waals surface area contributed by atoms with Gasteiger partial charge in [-0.15, -0.1) is 0 Å². The number of halogens is 2. The number of amides is 3. The minimum atomic E-state index is -3.18. The molecular formula is C21H22F2N4O4. The fourth-order valence-electron chi connectivity index (χ4n) is 2.99. The lowest BCUT2D eigenvalue weighted by atomic mass is 10.1. The molecule has 3 amide bonds. The number of anilines is 1. The van der Waals surface area contributed by atoms with Crippen LogP contribution in [0.3, 0.4) is 0 Å². The molecule has 1 N–H and O–H groups in total. The molecule has 0 radical (unpaired) electrons. The van der Waals surface area contributed by atoms with Crippen LogP contribution >= 0.6 is 0 Å². The number of hydrogen-bond donors (Lipinski definition) is 1. The summed E-state index contributed by atoms with van der Waals surface area (Å²) >= 11 is 0. The van der Waals surface area contributed by atoms with Crippen molar-refractivity contribution in [1.29, 1.82) is 0 Å². The number of morpholine rings is 1. The molecule has 0 bridgehead atoms. The zero-order chi connectivity index (χ0) is 22.2. The Kier molecular flexibility index (Phi) is 7.60. The molecular weight excluding hydrogens is 410 g/mol. The number of benzene rings is 1. The summed E-state index contributed by atoms with van der Waals surface area (Å²) in [5.41, 5.74) is 1.42. The maximum absolute atomic E-state index is 13.1. The third kappa shape index (κ3) is 6.05. The average molecular weight is 432 g/mol. The first-order valence-corrected chi connectivity index (χ1v) is 9.69. The monoisotopic (exact) mass is 432 g/mol. The Labute approximate surface area is 177 Å². The van der Waals surface area contributed by atoms with E-state index in [2.05, 4.69) is 4.98 Å². The number of nitrogens with zero attached hydrogens (tertiary/aromatic N) is 3. The number of para-hydroxylation sites is 1. The molecule has 2 aromatic rings. The molecule has 0 aliphatic carbocycles. The highest BCUT2D eigenvalue weighted by Crippen LogP contribution is 2.19. The van der Waals surface area contributed by atoms with Gasteiger partial charge in [-0.1, -0.05) is 18.2 Å². The van der Waals surface area contributed by atoms with Crippen molar-refractivity contribution in [1.82, 2.24) is 15.2 Å². The summed E-state index contributed by atoms with van der Waals surface area (Å²) in [4.78, 5) is 43.6. The Morgan fingerprint density at radius 2 is 1.81 bits per heavy atom. The van der Waals surface area contributed by atoms with E-state index in [4.69, 9.17) is 4.74 Å². The smallest absolute Gasteiger partial charge is 0.325 e. The van der Waals surface area contributed by atoms with Crippen LogP contribution in [-0.2, 0) is 16.1 Å². The first-order valence-electron chi connectivity index (χ1n) is 9.69. The normalized spacial score (nSPS) is 13.7. The topological polar surface area (TPSA) is 91.8 Å². The van der Waals surface area contributed by atoms with Crippen molar-refractivity contribution in [3.8, 4) is 0 Å². The van der Waals surface area contributed by atoms with Crippen molar-refractivity contribution in [3.63, 3.8) is 0 Å². The second kappa shape index (κ2) is 10.6. The van der Waals surface area contributed by atoms with Crippen LogP contribution < -0.4 is 10.2 Å². The number of urea groups is 1. The standard InChI is InChI=1S/C21H22F2N4O4/c22-19(23)20(29)25-13-18(28)15-6-7-16(24-12-15)14-27(17-4-2-1-3-5-17)21(30)26-8-10-31-11-9-26/h1-7,12,19H,8-11,13-14H2,(H,25,29). The first kappa shape index (κ1) is 22.3. The zero-order valence-electron chi connectivity index (χ0n) is 16.7. The van der Waals surface area contributed by atoms with Crippen LogP contribution in [0.5, 0.6) is 0 Å². The number of pyridine rings is 1. The predicted molar refractivity (Wildman–Crippen MR) is 108 cm³/mol. The van der Waals surface area contributed by atoms with Gasteiger partial charge in [-0.05, 0) is 24.3 Å². The van der Waals surface area contributed by atoms with Crippen molar-refractivity contribution in [2.24, 2.45) is 0 Å². The summed E-state index contributed by atoms with van der Waals surface area (Å²) in [5.74, 6) is -2.05. The fraction of sp³-hybridized carbons (Fsp3) is 0.333. The zero-order valence-corrected chi connectivity index (χ0v) is 16.7. The molecule has 0 unspecified atom stereocenters. The number of carbonyl (C=O) groups is 3. The Bertz CT molecular complexity index is 903. The molecule has 0 atom stereocenters. The number of aromatic nitrogens is 1. The Morgan fingerprint density at radius 3 is 2.42 bits per heavy atom. The molecule has 1 aliphatic rings. The van der Waals surface area contributed by atoms with Crippen LogP contribution in [0.2, 0.25) is 0 Å². The van der Waals surface area contributed by atoms with Gasteiger partial charge in [-0.3, -0.25) is 19.5 Å². The molecule has 1 aromatic carbocycles. The van der Waals surface area contributed by atoms with Gasteiger partial charge in [0, 0.05) is 30.5 Å². The van der Waals surface area contributed by atoms with Crippen molar-refractivity contribution in [2.75, 3.05) is 37.7 Å². The highest BCUT2D eigenvalue weighted by Gasteiger charge is 2.25. The van der Waals surface area contributed by atoms with Gasteiger partial charge in [-0.25, -0.2) is 4.79 Å². The van der Waals surface area contributed by atoms with Crippen molar-refractivity contribution < 1.29 is 27.9 Å². The number of alkyl halides is 2. The summed E-state index contributed by atoms with van der Waals surface area (Å²) in [5, 5.41) is 1.87. The molecule has 1 fully saturated rings. The third-order valence-electron chi connectivity index (χ3n) is 4.67. The van der Waals surface area contributed by atoms with E-state index in [1.54, 1.807) is 15.9 Å². The lowest BCUT2D eigenvalue weighted by molar-refractivity contribution is -0.131. The lowest BCUT2D eigenvalue weighted by Crippen LogP contribution is -2.48. The van der Waals surface area contributed by atoms with Crippen LogP contribution in [0.25, 0.3) is 0 Å². The Morgan fingerprint density at radius 1 is 1.10 bits per heavy atom. The third-order valence-corrected chi connectivity index (χ3v) is 4.67. The quantitative estimate of drug-likeness (QED) is 0.677. The maximum atomic E-state index is 13.1. The number of nitrogens with one attached hydrogen (secondary N) is 1. The van der Waals surface area contributed by atoms with E-state index in [0.29, 0.717) is 37.7 Å². The summed E-state index contributed by atoms with van der Waals surface area (Å²) < 4.78 is 29.7. The number of ketones is 1. The maximum Gasteiger partial charge on any atom is 0.325 e. The second-order valence-electron chi connectivity index (χ2n) is 6.78. The van der Waals surface area contributed by atoms with Crippen molar-refractivity contribution in [2.45, 2.75) is 13.0 Å². The molecule has 164 valence electrons. The summed E-state index contributed by atoms with van der Waals surface area (Å²) in [6, 6.07) is 12.1. The molecule has 2 heterocycles. The Balaban J connectivity index is 1.70. The number of Topliss-reactive ketones (excluding diaryl/α,β-unsaturated/α-hetero) is 1. The molecule has 1 aliphatic heterocycles. The van der Waals surface area contributed by atoms with Crippen molar-refractivity contribution >= 4 is 23.4 Å². The highest BCUT2D eigenvalue weighted by molar-refractivity contribution is 5.99. The second-order valence-corrected chi connectivity index (χ2v) is 6.78. The van der Waals surface area contributed by atoms with Gasteiger partial charge in [0.2, 0.25) is 0 Å². The van der Waals surface area contributed by atoms with Gasteiger partial charge in [0.05, 0.1) is 32.0 Å². The SMILES string of the molecule is O=C(CNC(=O)C(F)F)c1ccc(CN(C(=O)N2CCOCC2)c2ccccc2)nc1. The van der Waals surface area contributed by atoms with Crippen molar-refractivity contribution in [3.05, 3.63) is 59.9 Å². The van der Waals surface area contributed by atoms with Crippen LogP contribution in [0, 0.1) is 0 Å². The van der Waals surface area contributed by atoms with Crippen LogP contribution in [0.1, 0.15) is 16.1 Å². The number of ether oxygens (including phenoxy) is 1. The predicted octanol–water partition coefficient (Wildman–Crippen LogP) is 2.10. The van der Waals surface area contributed by atoms with E-state index >= 15 is 0 Å². The fourth-order valence-corrected chi connectivity index (χ4v) is 2.99. The average Bonchev–Trinajstić information content (AvgIpc) is 2.81. The number of carbonyl (C=O) groups excluding carboxylic acids is 3. The number of hydrogen-bond acceptors (Lipinski definition) is 5. The Hall–Kier alpha value is -3.40. The van der Waals surface area contributed by atoms with Gasteiger partial charge in [0.15, 0.2) is 5.78 Å². The van der Waals surface area contributed by atoms with E-state index in [0.717, 1.165) is 0 Å². The number of rotatable bonds is 7. The lowest BCUT2D eigenvalue weighted by Gasteiger charge is -2.33. The van der Waals surface area contributed by atoms with Crippen LogP contribution in [0.15, 0.2) is 48.7 Å². The van der Waals surface area contributed by atoms with E-state index in [-0.39, 0.29) is 18.1 Å². The van der Waals surface area contributed by atoms with Gasteiger partial charge in [-0.2, -0.15) is 8.78 Å². The highest BCUT2D eigenvalue weighted by atomic mass is 19.3. The first-order chi connectivity index (χ1) is 15.0. The summed E-state index contributed by atoms with van der Waals surface area (Å²) in [6.07, 6.45) is -1.88. The molecule has 8 nitrogen and oxygen atoms in total. The molecule has 10 heteroatoms. The van der Waals surface area contributed by atoms with Crippen LogP contribution in [0.4, 0.5) is 19.3 Å². The summed E-state index contributed by atoms with van der Waals surface area (Å²) in [6.45, 7) is 1.57. The molecule has 0 spiro atoms. The van der Waals surface area contributed by atoms with Gasteiger partial charge in [0.1, 0.15) is 0 Å². The molecule has 3 rings (SSSR count). The summed E-state index contributed by atoms with van der Waals surface area (Å²) in [7, 11) is 0. The molecule has 31 heavy (non-hydrogen) atoms. The minimum absolute atomic E-state index is 0.170. The largest absolute Gasteiger partial charge is 0.378 e. The van der Waals surface area contributed by atoms with E-state index in [9.17, 15) is 23.2 Å². The van der Waals surface area contributed by atoms with Gasteiger partial charge < -0.3 is 15.0 Å². The molecule has 1 saturated heterocycles. The van der Waals surface area contributed by atoms with Gasteiger partial charge >= 0.3 is 12.5 Å². The van der Waals surface area contributed by atoms with E-state index in [1.807, 2.05) is 35.6 Å².